The first-order valence-electron chi connectivity index (χ1n) is 5.69. The second kappa shape index (κ2) is 5.75. The molecule has 0 spiro atoms. The highest BCUT2D eigenvalue weighted by molar-refractivity contribution is 7.99. The molecular weight excluding hydrogens is 274 g/mol. The summed E-state index contributed by atoms with van der Waals surface area (Å²) in [6.45, 7) is 0. The van der Waals surface area contributed by atoms with Crippen molar-refractivity contribution in [3.05, 3.63) is 27.4 Å². The van der Waals surface area contributed by atoms with Gasteiger partial charge in [-0.2, -0.15) is 11.8 Å². The lowest BCUT2D eigenvalue weighted by Crippen LogP contribution is -2.17. The molecule has 0 amide bonds. The van der Waals surface area contributed by atoms with E-state index in [4.69, 9.17) is 11.6 Å². The molecule has 5 nitrogen and oxygen atoms in total. The standard InChI is InChI=1S/C11H14ClN3O2S/c1-18-9-3-2-8(5-9)14-11-10(15(16)17)4-7(12)6-13-11/h4,6,8-9H,2-3,5H2,1H3,(H,13,14). The van der Waals surface area contributed by atoms with Gasteiger partial charge in [-0.25, -0.2) is 4.98 Å². The molecular formula is C11H14ClN3O2S. The number of hydrogen-bond donors (Lipinski definition) is 1. The Morgan fingerprint density at radius 2 is 2.39 bits per heavy atom. The van der Waals surface area contributed by atoms with Crippen molar-refractivity contribution in [2.45, 2.75) is 30.6 Å². The third kappa shape index (κ3) is 3.05. The molecule has 98 valence electrons. The molecule has 1 fully saturated rings. The number of pyridine rings is 1. The maximum atomic E-state index is 10.9. The maximum absolute atomic E-state index is 10.9. The quantitative estimate of drug-likeness (QED) is 0.679. The Bertz CT molecular complexity index is 458. The van der Waals surface area contributed by atoms with E-state index in [9.17, 15) is 10.1 Å². The summed E-state index contributed by atoms with van der Waals surface area (Å²) in [5.74, 6) is 0.316. The summed E-state index contributed by atoms with van der Waals surface area (Å²) in [6, 6.07) is 1.59. The average Bonchev–Trinajstić information content (AvgIpc) is 2.79. The van der Waals surface area contributed by atoms with Gasteiger partial charge in [0.15, 0.2) is 0 Å². The van der Waals surface area contributed by atoms with Crippen molar-refractivity contribution in [1.82, 2.24) is 4.98 Å². The zero-order valence-corrected chi connectivity index (χ0v) is 11.5. The van der Waals surface area contributed by atoms with Crippen molar-refractivity contribution >= 4 is 34.9 Å². The molecule has 2 rings (SSSR count). The Labute approximate surface area is 114 Å². The van der Waals surface area contributed by atoms with E-state index in [1.54, 1.807) is 0 Å². The monoisotopic (exact) mass is 287 g/mol. The largest absolute Gasteiger partial charge is 0.362 e. The summed E-state index contributed by atoms with van der Waals surface area (Å²) >= 11 is 7.57. The van der Waals surface area contributed by atoms with Crippen molar-refractivity contribution in [3.63, 3.8) is 0 Å². The van der Waals surface area contributed by atoms with Gasteiger partial charge in [-0.05, 0) is 25.5 Å². The van der Waals surface area contributed by atoms with Gasteiger partial charge in [0.05, 0.1) is 9.95 Å². The van der Waals surface area contributed by atoms with Gasteiger partial charge < -0.3 is 5.32 Å². The summed E-state index contributed by atoms with van der Waals surface area (Å²) in [7, 11) is 0. The lowest BCUT2D eigenvalue weighted by atomic mass is 10.2. The van der Waals surface area contributed by atoms with Crippen molar-refractivity contribution in [3.8, 4) is 0 Å². The Balaban J connectivity index is 2.12. The predicted octanol–water partition coefficient (Wildman–Crippen LogP) is 3.34. The number of nitro groups is 1. The fourth-order valence-electron chi connectivity index (χ4n) is 2.16. The topological polar surface area (TPSA) is 68.1 Å². The molecule has 1 saturated carbocycles. The van der Waals surface area contributed by atoms with Crippen LogP contribution in [0.4, 0.5) is 11.5 Å². The number of halogens is 1. The van der Waals surface area contributed by atoms with E-state index in [1.165, 1.54) is 12.3 Å². The normalized spacial score (nSPS) is 23.0. The van der Waals surface area contributed by atoms with Gasteiger partial charge in [-0.1, -0.05) is 11.6 Å². The molecule has 1 aromatic heterocycles. The minimum atomic E-state index is -0.456. The van der Waals surface area contributed by atoms with Gasteiger partial charge in [-0.3, -0.25) is 10.1 Å². The third-order valence-electron chi connectivity index (χ3n) is 3.09. The average molecular weight is 288 g/mol. The van der Waals surface area contributed by atoms with E-state index in [2.05, 4.69) is 16.6 Å². The Morgan fingerprint density at radius 1 is 1.61 bits per heavy atom. The van der Waals surface area contributed by atoms with Crippen LogP contribution in [0, 0.1) is 10.1 Å². The molecule has 0 bridgehead atoms. The van der Waals surface area contributed by atoms with Crippen LogP contribution in [-0.2, 0) is 0 Å². The Kier molecular flexibility index (Phi) is 4.29. The molecule has 1 aliphatic rings. The van der Waals surface area contributed by atoms with Gasteiger partial charge in [0.25, 0.3) is 0 Å². The maximum Gasteiger partial charge on any atom is 0.312 e. The van der Waals surface area contributed by atoms with Crippen LogP contribution in [0.1, 0.15) is 19.3 Å². The van der Waals surface area contributed by atoms with Gasteiger partial charge in [-0.15, -0.1) is 0 Å². The molecule has 1 heterocycles. The van der Waals surface area contributed by atoms with E-state index < -0.39 is 4.92 Å². The van der Waals surface area contributed by atoms with Crippen molar-refractivity contribution in [2.24, 2.45) is 0 Å². The second-order valence-electron chi connectivity index (χ2n) is 4.29. The zero-order chi connectivity index (χ0) is 13.1. The van der Waals surface area contributed by atoms with Gasteiger partial charge in [0, 0.05) is 23.6 Å². The van der Waals surface area contributed by atoms with Gasteiger partial charge >= 0.3 is 5.69 Å². The Hall–Kier alpha value is -1.01. The van der Waals surface area contributed by atoms with E-state index in [1.807, 2.05) is 11.8 Å². The van der Waals surface area contributed by atoms with Crippen LogP contribution in [-0.4, -0.2) is 27.5 Å². The number of nitrogens with zero attached hydrogens (tertiary/aromatic N) is 2. The second-order valence-corrected chi connectivity index (χ2v) is 5.86. The molecule has 1 aliphatic carbocycles. The summed E-state index contributed by atoms with van der Waals surface area (Å²) < 4.78 is 0. The highest BCUT2D eigenvalue weighted by Crippen LogP contribution is 2.32. The number of hydrogen-bond acceptors (Lipinski definition) is 5. The minimum absolute atomic E-state index is 0.0601. The molecule has 2 atom stereocenters. The number of anilines is 1. The Morgan fingerprint density at radius 3 is 3.00 bits per heavy atom. The van der Waals surface area contributed by atoms with E-state index in [0.717, 1.165) is 19.3 Å². The van der Waals surface area contributed by atoms with Crippen LogP contribution in [0.5, 0.6) is 0 Å². The molecule has 1 N–H and O–H groups in total. The lowest BCUT2D eigenvalue weighted by molar-refractivity contribution is -0.384. The first-order chi connectivity index (χ1) is 8.60. The van der Waals surface area contributed by atoms with Crippen LogP contribution in [0.2, 0.25) is 5.02 Å². The highest BCUT2D eigenvalue weighted by atomic mass is 35.5. The van der Waals surface area contributed by atoms with Crippen LogP contribution in [0.25, 0.3) is 0 Å². The predicted molar refractivity (Wildman–Crippen MR) is 74.5 cm³/mol. The van der Waals surface area contributed by atoms with Crippen LogP contribution >= 0.6 is 23.4 Å². The summed E-state index contributed by atoms with van der Waals surface area (Å²) in [4.78, 5) is 14.5. The summed E-state index contributed by atoms with van der Waals surface area (Å²) in [5, 5.41) is 15.0. The van der Waals surface area contributed by atoms with E-state index in [0.29, 0.717) is 11.1 Å². The molecule has 0 saturated heterocycles. The summed E-state index contributed by atoms with van der Waals surface area (Å²) in [5.41, 5.74) is -0.0601. The summed E-state index contributed by atoms with van der Waals surface area (Å²) in [6.07, 6.45) is 6.70. The molecule has 2 unspecified atom stereocenters. The lowest BCUT2D eigenvalue weighted by Gasteiger charge is -2.13. The fourth-order valence-corrected chi connectivity index (χ4v) is 3.11. The molecule has 0 aromatic carbocycles. The molecule has 7 heteroatoms. The van der Waals surface area contributed by atoms with E-state index >= 15 is 0 Å². The molecule has 1 aromatic rings. The number of rotatable bonds is 4. The first kappa shape index (κ1) is 13.4. The van der Waals surface area contributed by atoms with Crippen molar-refractivity contribution in [2.75, 3.05) is 11.6 Å². The molecule has 0 aliphatic heterocycles. The molecule has 0 radical (unpaired) electrons. The van der Waals surface area contributed by atoms with Crippen LogP contribution < -0.4 is 5.32 Å². The SMILES string of the molecule is CSC1CCC(Nc2ncc(Cl)cc2[N+](=O)[O-])C1. The van der Waals surface area contributed by atoms with Gasteiger partial charge in [0.1, 0.15) is 0 Å². The highest BCUT2D eigenvalue weighted by Gasteiger charge is 2.26. The van der Waals surface area contributed by atoms with E-state index in [-0.39, 0.29) is 16.8 Å². The van der Waals surface area contributed by atoms with Crippen LogP contribution in [0.15, 0.2) is 12.3 Å². The van der Waals surface area contributed by atoms with Crippen molar-refractivity contribution in [1.29, 1.82) is 0 Å². The number of thioether (sulfide) groups is 1. The number of nitrogens with one attached hydrogen (secondary N) is 1. The number of aromatic nitrogens is 1. The van der Waals surface area contributed by atoms with Crippen LogP contribution in [0.3, 0.4) is 0 Å². The third-order valence-corrected chi connectivity index (χ3v) is 4.39. The fraction of sp³-hybridized carbons (Fsp3) is 0.545. The smallest absolute Gasteiger partial charge is 0.312 e. The molecule has 18 heavy (non-hydrogen) atoms. The van der Waals surface area contributed by atoms with Crippen molar-refractivity contribution < 1.29 is 4.92 Å². The first-order valence-corrected chi connectivity index (χ1v) is 7.36. The minimum Gasteiger partial charge on any atom is -0.362 e. The zero-order valence-electron chi connectivity index (χ0n) is 9.93. The van der Waals surface area contributed by atoms with Gasteiger partial charge in [0.2, 0.25) is 5.82 Å².